The number of nitrogens with two attached hydrogens (primary N) is 1. The van der Waals surface area contributed by atoms with Gasteiger partial charge in [0.05, 0.1) is 17.7 Å². The summed E-state index contributed by atoms with van der Waals surface area (Å²) in [6, 6.07) is 3.73. The quantitative estimate of drug-likeness (QED) is 0.546. The Labute approximate surface area is 72.3 Å². The smallest absolute Gasteiger partial charge is 0.0996 e. The first-order valence-corrected chi connectivity index (χ1v) is 4.06. The standard InChI is InChI=1S/C9H13N3/c1-2-4-9(10)12-8-5-3-6-11-7-8/h3,5-7H,2,4H2,1H3,(H2,10,12). The van der Waals surface area contributed by atoms with Crippen LogP contribution in [0.2, 0.25) is 0 Å². The number of aromatic nitrogens is 1. The summed E-state index contributed by atoms with van der Waals surface area (Å²) < 4.78 is 0. The van der Waals surface area contributed by atoms with Crippen molar-refractivity contribution in [3.8, 4) is 0 Å². The van der Waals surface area contributed by atoms with E-state index in [9.17, 15) is 0 Å². The van der Waals surface area contributed by atoms with Gasteiger partial charge in [-0.1, -0.05) is 6.92 Å². The molecule has 0 atom stereocenters. The molecule has 0 aliphatic heterocycles. The molecule has 1 aromatic rings. The van der Waals surface area contributed by atoms with Crippen molar-refractivity contribution in [3.63, 3.8) is 0 Å². The zero-order valence-electron chi connectivity index (χ0n) is 7.20. The first-order chi connectivity index (χ1) is 5.83. The van der Waals surface area contributed by atoms with Gasteiger partial charge in [-0.25, -0.2) is 4.99 Å². The summed E-state index contributed by atoms with van der Waals surface area (Å²) in [6.07, 6.45) is 5.28. The van der Waals surface area contributed by atoms with Crippen molar-refractivity contribution in [2.75, 3.05) is 0 Å². The van der Waals surface area contributed by atoms with E-state index in [0.717, 1.165) is 18.5 Å². The van der Waals surface area contributed by atoms with E-state index in [0.29, 0.717) is 5.84 Å². The van der Waals surface area contributed by atoms with Crippen molar-refractivity contribution in [2.45, 2.75) is 19.8 Å². The van der Waals surface area contributed by atoms with E-state index in [1.165, 1.54) is 0 Å². The second kappa shape index (κ2) is 4.49. The molecule has 1 heterocycles. The van der Waals surface area contributed by atoms with Crippen molar-refractivity contribution in [2.24, 2.45) is 10.7 Å². The third-order valence-corrected chi connectivity index (χ3v) is 1.42. The molecule has 0 aliphatic rings. The molecule has 0 aromatic carbocycles. The number of hydrogen-bond acceptors (Lipinski definition) is 2. The lowest BCUT2D eigenvalue weighted by Crippen LogP contribution is -2.09. The Morgan fingerprint density at radius 3 is 3.08 bits per heavy atom. The van der Waals surface area contributed by atoms with Crippen LogP contribution in [-0.2, 0) is 0 Å². The van der Waals surface area contributed by atoms with Crippen molar-refractivity contribution in [3.05, 3.63) is 24.5 Å². The predicted octanol–water partition coefficient (Wildman–Crippen LogP) is 1.87. The second-order valence-corrected chi connectivity index (χ2v) is 2.56. The molecule has 0 saturated heterocycles. The maximum absolute atomic E-state index is 5.64. The van der Waals surface area contributed by atoms with Crippen LogP contribution in [0.4, 0.5) is 5.69 Å². The van der Waals surface area contributed by atoms with Gasteiger partial charge in [-0.2, -0.15) is 0 Å². The van der Waals surface area contributed by atoms with Crippen LogP contribution >= 0.6 is 0 Å². The van der Waals surface area contributed by atoms with Crippen molar-refractivity contribution in [1.82, 2.24) is 4.98 Å². The van der Waals surface area contributed by atoms with Crippen LogP contribution < -0.4 is 5.73 Å². The van der Waals surface area contributed by atoms with Crippen LogP contribution in [0, 0.1) is 0 Å². The highest BCUT2D eigenvalue weighted by Gasteiger charge is 1.90. The fourth-order valence-electron chi connectivity index (χ4n) is 0.898. The van der Waals surface area contributed by atoms with Crippen LogP contribution in [-0.4, -0.2) is 10.8 Å². The molecule has 1 rings (SSSR count). The fraction of sp³-hybridized carbons (Fsp3) is 0.333. The van der Waals surface area contributed by atoms with E-state index in [2.05, 4.69) is 16.9 Å². The molecule has 0 aliphatic carbocycles. The molecule has 3 heteroatoms. The van der Waals surface area contributed by atoms with Crippen LogP contribution in [0.15, 0.2) is 29.5 Å². The van der Waals surface area contributed by atoms with Gasteiger partial charge in [0.2, 0.25) is 0 Å². The van der Waals surface area contributed by atoms with Crippen molar-refractivity contribution in [1.29, 1.82) is 0 Å². The van der Waals surface area contributed by atoms with Gasteiger partial charge in [-0.15, -0.1) is 0 Å². The third-order valence-electron chi connectivity index (χ3n) is 1.42. The monoisotopic (exact) mass is 163 g/mol. The maximum atomic E-state index is 5.64. The molecular formula is C9H13N3. The largest absolute Gasteiger partial charge is 0.387 e. The molecular weight excluding hydrogens is 150 g/mol. The number of amidine groups is 1. The summed E-state index contributed by atoms with van der Waals surface area (Å²) in [4.78, 5) is 8.12. The fourth-order valence-corrected chi connectivity index (χ4v) is 0.898. The molecule has 64 valence electrons. The number of pyridine rings is 1. The SMILES string of the molecule is CCCC(N)=Nc1cccnc1. The molecule has 0 saturated carbocycles. The van der Waals surface area contributed by atoms with E-state index < -0.39 is 0 Å². The predicted molar refractivity (Wildman–Crippen MR) is 50.4 cm³/mol. The van der Waals surface area contributed by atoms with Crippen LogP contribution in [0.3, 0.4) is 0 Å². The topological polar surface area (TPSA) is 51.3 Å². The molecule has 3 nitrogen and oxygen atoms in total. The van der Waals surface area contributed by atoms with E-state index >= 15 is 0 Å². The minimum absolute atomic E-state index is 0.672. The average molecular weight is 163 g/mol. The van der Waals surface area contributed by atoms with Crippen molar-refractivity contribution >= 4 is 11.5 Å². The van der Waals surface area contributed by atoms with Gasteiger partial charge >= 0.3 is 0 Å². The van der Waals surface area contributed by atoms with Gasteiger partial charge in [-0.3, -0.25) is 4.98 Å². The molecule has 0 radical (unpaired) electrons. The zero-order valence-corrected chi connectivity index (χ0v) is 7.20. The lowest BCUT2D eigenvalue weighted by molar-refractivity contribution is 0.983. The highest BCUT2D eigenvalue weighted by Crippen LogP contribution is 2.07. The summed E-state index contributed by atoms with van der Waals surface area (Å²) >= 11 is 0. The highest BCUT2D eigenvalue weighted by molar-refractivity contribution is 5.82. The number of nitrogens with zero attached hydrogens (tertiary/aromatic N) is 2. The Morgan fingerprint density at radius 2 is 2.50 bits per heavy atom. The lowest BCUT2D eigenvalue weighted by atomic mass is 10.3. The number of aliphatic imine (C=N–C) groups is 1. The minimum Gasteiger partial charge on any atom is -0.387 e. The summed E-state index contributed by atoms with van der Waals surface area (Å²) in [7, 11) is 0. The van der Waals surface area contributed by atoms with Gasteiger partial charge in [0.15, 0.2) is 0 Å². The molecule has 0 spiro atoms. The number of hydrogen-bond donors (Lipinski definition) is 1. The maximum Gasteiger partial charge on any atom is 0.0996 e. The molecule has 0 amide bonds. The second-order valence-electron chi connectivity index (χ2n) is 2.56. The minimum atomic E-state index is 0.672. The molecule has 0 unspecified atom stereocenters. The van der Waals surface area contributed by atoms with Crippen molar-refractivity contribution < 1.29 is 0 Å². The van der Waals surface area contributed by atoms with E-state index in [1.807, 2.05) is 12.1 Å². The number of rotatable bonds is 3. The van der Waals surface area contributed by atoms with Gasteiger partial charge < -0.3 is 5.73 Å². The van der Waals surface area contributed by atoms with Crippen LogP contribution in [0.5, 0.6) is 0 Å². The molecule has 12 heavy (non-hydrogen) atoms. The Hall–Kier alpha value is -1.38. The molecule has 1 aromatic heterocycles. The van der Waals surface area contributed by atoms with Gasteiger partial charge in [0, 0.05) is 12.6 Å². The van der Waals surface area contributed by atoms with E-state index in [4.69, 9.17) is 5.73 Å². The summed E-state index contributed by atoms with van der Waals surface area (Å²) in [5.41, 5.74) is 6.46. The first kappa shape index (κ1) is 8.71. The summed E-state index contributed by atoms with van der Waals surface area (Å²) in [5, 5.41) is 0. The summed E-state index contributed by atoms with van der Waals surface area (Å²) in [5.74, 6) is 0.672. The molecule has 0 bridgehead atoms. The third kappa shape index (κ3) is 2.70. The van der Waals surface area contributed by atoms with Gasteiger partial charge in [0.25, 0.3) is 0 Å². The normalized spacial score (nSPS) is 11.6. The Bertz CT molecular complexity index is 254. The van der Waals surface area contributed by atoms with Crippen LogP contribution in [0.25, 0.3) is 0 Å². The molecule has 0 fully saturated rings. The molecule has 2 N–H and O–H groups in total. The van der Waals surface area contributed by atoms with E-state index in [-0.39, 0.29) is 0 Å². The first-order valence-electron chi connectivity index (χ1n) is 4.06. The Kier molecular flexibility index (Phi) is 3.26. The summed E-state index contributed by atoms with van der Waals surface area (Å²) in [6.45, 7) is 2.08. The van der Waals surface area contributed by atoms with Crippen LogP contribution in [0.1, 0.15) is 19.8 Å². The lowest BCUT2D eigenvalue weighted by Gasteiger charge is -1.96. The Morgan fingerprint density at radius 1 is 1.67 bits per heavy atom. The van der Waals surface area contributed by atoms with E-state index in [1.54, 1.807) is 12.4 Å². The zero-order chi connectivity index (χ0) is 8.81. The Balaban J connectivity index is 2.67. The van der Waals surface area contributed by atoms with Gasteiger partial charge in [0.1, 0.15) is 0 Å². The highest BCUT2D eigenvalue weighted by atomic mass is 14.9. The average Bonchev–Trinajstić information content (AvgIpc) is 2.06. The van der Waals surface area contributed by atoms with Gasteiger partial charge in [-0.05, 0) is 18.6 Å².